The molecule has 1 aliphatic rings. The number of nitrogens with zero attached hydrogens (tertiary/aromatic N) is 4. The lowest BCUT2D eigenvalue weighted by Crippen LogP contribution is -2.48. The number of nitrogens with one attached hydrogen (secondary N) is 1. The van der Waals surface area contributed by atoms with Crippen molar-refractivity contribution < 1.29 is 28.6 Å². The Kier molecular flexibility index (Phi) is 8.42. The molecule has 2 heterocycles. The molecule has 2 atom stereocenters. The second-order valence-electron chi connectivity index (χ2n) is 8.32. The minimum absolute atomic E-state index is 0.0258. The lowest BCUT2D eigenvalue weighted by atomic mass is 9.86. The summed E-state index contributed by atoms with van der Waals surface area (Å²) in [5.74, 6) is -1.60. The van der Waals surface area contributed by atoms with E-state index >= 15 is 0 Å². The molecule has 0 spiro atoms. The average molecular weight is 485 g/mol. The summed E-state index contributed by atoms with van der Waals surface area (Å²) in [6.45, 7) is 5.60. The number of nitro benzene ring substituents is 1. The van der Waals surface area contributed by atoms with Crippen molar-refractivity contribution in [3.63, 3.8) is 0 Å². The van der Waals surface area contributed by atoms with E-state index < -0.39 is 35.0 Å². The monoisotopic (exact) mass is 485 g/mol. The zero-order chi connectivity index (χ0) is 25.5. The van der Waals surface area contributed by atoms with E-state index in [0.29, 0.717) is 18.5 Å². The quantitative estimate of drug-likeness (QED) is 0.166. The van der Waals surface area contributed by atoms with Crippen molar-refractivity contribution in [1.29, 1.82) is 0 Å². The third-order valence-electron chi connectivity index (χ3n) is 5.40. The van der Waals surface area contributed by atoms with Gasteiger partial charge in [0.25, 0.3) is 5.69 Å². The molecule has 1 aromatic heterocycles. The number of nitro groups is 1. The number of Topliss-reactive ketones (excluding diaryl/α,β-unsaturated/α-hetero) is 1. The van der Waals surface area contributed by atoms with Gasteiger partial charge in [0.1, 0.15) is 5.92 Å². The number of urea groups is 1. The summed E-state index contributed by atoms with van der Waals surface area (Å²) in [5, 5.41) is 17.8. The molecule has 2 amide bonds. The third kappa shape index (κ3) is 6.35. The summed E-state index contributed by atoms with van der Waals surface area (Å²) < 4.78 is 10.2. The summed E-state index contributed by atoms with van der Waals surface area (Å²) in [6.07, 6.45) is 1.42. The Hall–Kier alpha value is -3.93. The maximum atomic E-state index is 13.0. The number of benzene rings is 1. The zero-order valence-corrected chi connectivity index (χ0v) is 19.7. The number of esters is 1. The second-order valence-corrected chi connectivity index (χ2v) is 8.32. The predicted octanol–water partition coefficient (Wildman–Crippen LogP) is 2.95. The van der Waals surface area contributed by atoms with Crippen LogP contribution in [0.25, 0.3) is 0 Å². The first-order valence-corrected chi connectivity index (χ1v) is 11.1. The lowest BCUT2D eigenvalue weighted by molar-refractivity contribution is -0.385. The van der Waals surface area contributed by atoms with Crippen molar-refractivity contribution in [3.8, 4) is 0 Å². The van der Waals surface area contributed by atoms with Crippen LogP contribution in [0.5, 0.6) is 0 Å². The normalized spacial score (nSPS) is 17.9. The van der Waals surface area contributed by atoms with Crippen molar-refractivity contribution in [2.45, 2.75) is 39.3 Å². The maximum absolute atomic E-state index is 13.0. The van der Waals surface area contributed by atoms with Crippen molar-refractivity contribution in [2.75, 3.05) is 19.6 Å². The smallest absolute Gasteiger partial charge is 0.344 e. The first kappa shape index (κ1) is 25.7. The van der Waals surface area contributed by atoms with E-state index in [-0.39, 0.29) is 36.0 Å². The first-order valence-electron chi connectivity index (χ1n) is 11.1. The highest BCUT2D eigenvalue weighted by molar-refractivity contribution is 6.08. The number of ketones is 1. The summed E-state index contributed by atoms with van der Waals surface area (Å²) in [6, 6.07) is 5.94. The van der Waals surface area contributed by atoms with Gasteiger partial charge in [0, 0.05) is 30.5 Å². The first-order chi connectivity index (χ1) is 16.7. The molecule has 2 unspecified atom stereocenters. The molecule has 12 heteroatoms. The predicted molar refractivity (Wildman–Crippen MR) is 124 cm³/mol. The lowest BCUT2D eigenvalue weighted by Gasteiger charge is -2.38. The molecule has 0 bridgehead atoms. The summed E-state index contributed by atoms with van der Waals surface area (Å²) in [5.41, 5.74) is 0.559. The van der Waals surface area contributed by atoms with Crippen molar-refractivity contribution >= 4 is 29.2 Å². The van der Waals surface area contributed by atoms with Crippen molar-refractivity contribution in [2.24, 2.45) is 10.9 Å². The number of aliphatic imine (C=N–C) groups is 1. The number of rotatable bonds is 11. The van der Waals surface area contributed by atoms with Crippen LogP contribution in [0, 0.1) is 16.0 Å². The number of carbonyl (C=O) groups excluding carboxylic acids is 3. The molecular formula is C23H27N5O7. The SMILES string of the molecule is CC1=NC(=O)N(CCCNCC(=O)c2ccno2)C(c2cccc([N+](=O)[O-])c2)C1C(=O)OC(C)C. The zero-order valence-electron chi connectivity index (χ0n) is 19.7. The van der Waals surface area contributed by atoms with E-state index in [0.717, 1.165) is 0 Å². The molecule has 0 fully saturated rings. The Morgan fingerprint density at radius 2 is 2.09 bits per heavy atom. The van der Waals surface area contributed by atoms with Gasteiger partial charge in [0.2, 0.25) is 11.5 Å². The van der Waals surface area contributed by atoms with Crippen LogP contribution in [0.3, 0.4) is 0 Å². The Morgan fingerprint density at radius 3 is 2.74 bits per heavy atom. The third-order valence-corrected chi connectivity index (χ3v) is 5.40. The highest BCUT2D eigenvalue weighted by atomic mass is 16.6. The second kappa shape index (κ2) is 11.5. The van der Waals surface area contributed by atoms with E-state index in [9.17, 15) is 24.5 Å². The number of non-ortho nitro benzene ring substituents is 1. The van der Waals surface area contributed by atoms with Crippen LogP contribution in [0.2, 0.25) is 0 Å². The van der Waals surface area contributed by atoms with Crippen molar-refractivity contribution in [1.82, 2.24) is 15.4 Å². The van der Waals surface area contributed by atoms with Gasteiger partial charge >= 0.3 is 12.0 Å². The van der Waals surface area contributed by atoms with Crippen LogP contribution in [0.15, 0.2) is 46.0 Å². The summed E-state index contributed by atoms with van der Waals surface area (Å²) in [7, 11) is 0. The fourth-order valence-corrected chi connectivity index (χ4v) is 3.87. The highest BCUT2D eigenvalue weighted by Gasteiger charge is 2.43. The molecule has 0 saturated heterocycles. The van der Waals surface area contributed by atoms with Gasteiger partial charge in [-0.2, -0.15) is 0 Å². The molecule has 186 valence electrons. The Bertz CT molecular complexity index is 1110. The summed E-state index contributed by atoms with van der Waals surface area (Å²) >= 11 is 0. The minimum atomic E-state index is -0.918. The van der Waals surface area contributed by atoms with Gasteiger partial charge in [0.05, 0.1) is 29.8 Å². The van der Waals surface area contributed by atoms with Crippen LogP contribution in [0.1, 0.15) is 49.4 Å². The van der Waals surface area contributed by atoms with Crippen molar-refractivity contribution in [3.05, 3.63) is 58.0 Å². The molecule has 1 N–H and O–H groups in total. The Labute approximate surface area is 201 Å². The van der Waals surface area contributed by atoms with Crippen LogP contribution in [0.4, 0.5) is 10.5 Å². The molecule has 12 nitrogen and oxygen atoms in total. The highest BCUT2D eigenvalue weighted by Crippen LogP contribution is 2.36. The molecule has 3 rings (SSSR count). The van der Waals surface area contributed by atoms with Gasteiger partial charge in [-0.1, -0.05) is 17.3 Å². The molecule has 0 saturated carbocycles. The number of amides is 2. The molecule has 1 aromatic carbocycles. The molecule has 35 heavy (non-hydrogen) atoms. The van der Waals surface area contributed by atoms with Gasteiger partial charge in [-0.25, -0.2) is 9.79 Å². The average Bonchev–Trinajstić information content (AvgIpc) is 3.34. The minimum Gasteiger partial charge on any atom is -0.462 e. The van der Waals surface area contributed by atoms with E-state index in [1.807, 2.05) is 0 Å². The summed E-state index contributed by atoms with van der Waals surface area (Å²) in [4.78, 5) is 54.2. The van der Waals surface area contributed by atoms with Crippen LogP contribution >= 0.6 is 0 Å². The topological polar surface area (TPSA) is 157 Å². The molecular weight excluding hydrogens is 458 g/mol. The number of aromatic nitrogens is 1. The molecule has 1 aliphatic heterocycles. The number of ether oxygens (including phenoxy) is 1. The van der Waals surface area contributed by atoms with Gasteiger partial charge in [0.15, 0.2) is 0 Å². The number of hydrogen-bond donors (Lipinski definition) is 1. The van der Waals surface area contributed by atoms with E-state index in [4.69, 9.17) is 9.26 Å². The van der Waals surface area contributed by atoms with E-state index in [1.165, 1.54) is 35.4 Å². The van der Waals surface area contributed by atoms with E-state index in [1.54, 1.807) is 26.8 Å². The van der Waals surface area contributed by atoms with Gasteiger partial charge in [-0.15, -0.1) is 0 Å². The molecule has 0 aliphatic carbocycles. The number of carbonyl (C=O) groups is 3. The van der Waals surface area contributed by atoms with Gasteiger partial charge in [-0.05, 0) is 39.3 Å². The van der Waals surface area contributed by atoms with Crippen LogP contribution < -0.4 is 5.32 Å². The maximum Gasteiger partial charge on any atom is 0.344 e. The largest absolute Gasteiger partial charge is 0.462 e. The fourth-order valence-electron chi connectivity index (χ4n) is 3.87. The fraction of sp³-hybridized carbons (Fsp3) is 0.435. The Morgan fingerprint density at radius 1 is 1.31 bits per heavy atom. The van der Waals surface area contributed by atoms with E-state index in [2.05, 4.69) is 15.5 Å². The number of hydrogen-bond acceptors (Lipinski definition) is 9. The van der Waals surface area contributed by atoms with Crippen LogP contribution in [-0.4, -0.2) is 64.2 Å². The Balaban J connectivity index is 1.79. The van der Waals surface area contributed by atoms with Crippen LogP contribution in [-0.2, 0) is 9.53 Å². The van der Waals surface area contributed by atoms with Gasteiger partial charge in [-0.3, -0.25) is 19.7 Å². The standard InChI is InChI=1S/C23H27N5O7/c1-14(2)34-22(30)20-15(3)26-23(31)27(21(20)16-6-4-7-17(12-16)28(32)33)11-5-9-24-13-18(29)19-8-10-25-35-19/h4,6-8,10,12,14,20-21,24H,5,9,11,13H2,1-3H3. The molecule has 2 aromatic rings. The molecule has 0 radical (unpaired) electrons. The van der Waals surface area contributed by atoms with Gasteiger partial charge < -0.3 is 19.5 Å².